The summed E-state index contributed by atoms with van der Waals surface area (Å²) >= 11 is 4.72. The molecule has 0 fully saturated rings. The van der Waals surface area contributed by atoms with E-state index in [1.165, 1.54) is 11.8 Å². The van der Waals surface area contributed by atoms with Crippen molar-refractivity contribution in [2.45, 2.75) is 25.4 Å². The molecule has 2 heterocycles. The highest BCUT2D eigenvalue weighted by molar-refractivity contribution is 9.10. The highest BCUT2D eigenvalue weighted by Gasteiger charge is 2.17. The zero-order valence-corrected chi connectivity index (χ0v) is 12.4. The van der Waals surface area contributed by atoms with Crippen LogP contribution in [0.15, 0.2) is 9.76 Å². The second-order valence-corrected chi connectivity index (χ2v) is 5.55. The van der Waals surface area contributed by atoms with Crippen LogP contribution in [0.5, 0.6) is 0 Å². The molecule has 0 aliphatic carbocycles. The summed E-state index contributed by atoms with van der Waals surface area (Å²) in [6, 6.07) is 0. The van der Waals surface area contributed by atoms with E-state index in [9.17, 15) is 4.39 Å². The van der Waals surface area contributed by atoms with Crippen molar-refractivity contribution in [2.75, 3.05) is 11.5 Å². The van der Waals surface area contributed by atoms with E-state index in [-0.39, 0.29) is 11.3 Å². The second kappa shape index (κ2) is 5.36. The van der Waals surface area contributed by atoms with Gasteiger partial charge in [0.05, 0.1) is 11.1 Å². The van der Waals surface area contributed by atoms with Crippen molar-refractivity contribution in [2.24, 2.45) is 0 Å². The van der Waals surface area contributed by atoms with Crippen LogP contribution in [0, 0.1) is 5.82 Å². The number of aromatic nitrogens is 3. The van der Waals surface area contributed by atoms with Crippen LogP contribution >= 0.6 is 27.7 Å². The molecule has 0 atom stereocenters. The molecular weight excluding hydrogens is 319 g/mol. The molecule has 2 aromatic heterocycles. The molecule has 2 rings (SSSR count). The van der Waals surface area contributed by atoms with E-state index in [0.717, 1.165) is 5.75 Å². The lowest BCUT2D eigenvalue weighted by atomic mass is 10.2. The predicted octanol–water partition coefficient (Wildman–Crippen LogP) is 3.18. The molecule has 7 heteroatoms. The fourth-order valence-electron chi connectivity index (χ4n) is 1.61. The van der Waals surface area contributed by atoms with E-state index < -0.39 is 5.82 Å². The predicted molar refractivity (Wildman–Crippen MR) is 75.2 cm³/mol. The first-order chi connectivity index (χ1) is 8.58. The average molecular weight is 331 g/mol. The summed E-state index contributed by atoms with van der Waals surface area (Å²) < 4.78 is 14.7. The highest BCUT2D eigenvalue weighted by atomic mass is 79.9. The van der Waals surface area contributed by atoms with E-state index >= 15 is 0 Å². The zero-order valence-electron chi connectivity index (χ0n) is 10.00. The summed E-state index contributed by atoms with van der Waals surface area (Å²) in [5.41, 5.74) is 6.46. The van der Waals surface area contributed by atoms with Crippen LogP contribution in [0.25, 0.3) is 10.9 Å². The van der Waals surface area contributed by atoms with Crippen LogP contribution in [0.4, 0.5) is 10.2 Å². The first kappa shape index (κ1) is 13.5. The second-order valence-electron chi connectivity index (χ2n) is 3.56. The Hall–Kier alpha value is -0.950. The van der Waals surface area contributed by atoms with E-state index in [1.807, 2.05) is 13.8 Å². The lowest BCUT2D eigenvalue weighted by Crippen LogP contribution is -2.03. The summed E-state index contributed by atoms with van der Waals surface area (Å²) in [6.07, 6.45) is 0.501. The third kappa shape index (κ3) is 2.29. The van der Waals surface area contributed by atoms with Crippen molar-refractivity contribution in [1.82, 2.24) is 15.0 Å². The Morgan fingerprint density at radius 3 is 2.61 bits per heavy atom. The van der Waals surface area contributed by atoms with Gasteiger partial charge in [-0.25, -0.2) is 19.3 Å². The smallest absolute Gasteiger partial charge is 0.190 e. The van der Waals surface area contributed by atoms with Gasteiger partial charge in [0.15, 0.2) is 11.0 Å². The quantitative estimate of drug-likeness (QED) is 0.532. The monoisotopic (exact) mass is 330 g/mol. The molecule has 0 unspecified atom stereocenters. The Bertz CT molecular complexity index is 605. The third-order valence-electron chi connectivity index (χ3n) is 2.43. The zero-order chi connectivity index (χ0) is 13.3. The van der Waals surface area contributed by atoms with Crippen molar-refractivity contribution in [3.8, 4) is 0 Å². The molecule has 0 saturated heterocycles. The Balaban J connectivity index is 2.79. The number of rotatable bonds is 3. The minimum Gasteiger partial charge on any atom is -0.383 e. The summed E-state index contributed by atoms with van der Waals surface area (Å²) in [4.78, 5) is 12.5. The van der Waals surface area contributed by atoms with Crippen molar-refractivity contribution in [3.05, 3.63) is 16.1 Å². The summed E-state index contributed by atoms with van der Waals surface area (Å²) in [7, 11) is 0. The van der Waals surface area contributed by atoms with Crippen LogP contribution in [-0.4, -0.2) is 20.7 Å². The molecule has 0 radical (unpaired) electrons. The summed E-state index contributed by atoms with van der Waals surface area (Å²) in [5.74, 6) is 0.638. The molecular formula is C11H12BrFN4S. The number of halogens is 2. The average Bonchev–Trinajstić information content (AvgIpc) is 2.33. The number of nitrogen functional groups attached to an aromatic ring is 1. The van der Waals surface area contributed by atoms with Gasteiger partial charge in [0, 0.05) is 0 Å². The fraction of sp³-hybridized carbons (Fsp3) is 0.364. The number of fused-ring (bicyclic) bond motifs is 1. The Morgan fingerprint density at radius 2 is 2.00 bits per heavy atom. The minimum absolute atomic E-state index is 0.233. The van der Waals surface area contributed by atoms with E-state index in [4.69, 9.17) is 5.73 Å². The van der Waals surface area contributed by atoms with Gasteiger partial charge in [0.25, 0.3) is 0 Å². The van der Waals surface area contributed by atoms with Crippen LogP contribution in [0.2, 0.25) is 0 Å². The molecule has 96 valence electrons. The highest BCUT2D eigenvalue weighted by Crippen LogP contribution is 2.30. The molecule has 0 spiro atoms. The van der Waals surface area contributed by atoms with E-state index in [0.29, 0.717) is 27.3 Å². The molecule has 0 aromatic carbocycles. The molecule has 2 N–H and O–H groups in total. The van der Waals surface area contributed by atoms with Gasteiger partial charge in [-0.05, 0) is 28.1 Å². The molecule has 0 amide bonds. The lowest BCUT2D eigenvalue weighted by Gasteiger charge is -2.09. The Morgan fingerprint density at radius 1 is 1.28 bits per heavy atom. The first-order valence-corrected chi connectivity index (χ1v) is 7.30. The molecule has 0 aliphatic heterocycles. The maximum atomic E-state index is 14.2. The number of nitrogens with two attached hydrogens (primary N) is 1. The minimum atomic E-state index is -0.414. The van der Waals surface area contributed by atoms with Gasteiger partial charge in [-0.15, -0.1) is 0 Å². The molecule has 2 aromatic rings. The number of pyridine rings is 1. The number of nitrogens with zero attached hydrogens (tertiary/aromatic N) is 3. The van der Waals surface area contributed by atoms with Gasteiger partial charge in [-0.2, -0.15) is 0 Å². The third-order valence-corrected chi connectivity index (χ3v) is 3.73. The van der Waals surface area contributed by atoms with Gasteiger partial charge in [0.2, 0.25) is 0 Å². The number of anilines is 1. The summed E-state index contributed by atoms with van der Waals surface area (Å²) in [6.45, 7) is 3.82. The van der Waals surface area contributed by atoms with Gasteiger partial charge in [0.1, 0.15) is 15.9 Å². The van der Waals surface area contributed by atoms with Crippen molar-refractivity contribution >= 4 is 44.4 Å². The Labute approximate surface area is 117 Å². The number of thioether (sulfide) groups is 1. The lowest BCUT2D eigenvalue weighted by molar-refractivity contribution is 0.609. The van der Waals surface area contributed by atoms with Crippen LogP contribution in [-0.2, 0) is 6.42 Å². The van der Waals surface area contributed by atoms with Crippen LogP contribution in [0.1, 0.15) is 19.5 Å². The van der Waals surface area contributed by atoms with Gasteiger partial charge in [-0.3, -0.25) is 0 Å². The molecule has 0 aliphatic rings. The topological polar surface area (TPSA) is 64.7 Å². The summed E-state index contributed by atoms with van der Waals surface area (Å²) in [5, 5.41) is 0.923. The van der Waals surface area contributed by atoms with E-state index in [2.05, 4.69) is 30.9 Å². The van der Waals surface area contributed by atoms with Gasteiger partial charge < -0.3 is 5.73 Å². The molecule has 0 bridgehead atoms. The maximum absolute atomic E-state index is 14.2. The van der Waals surface area contributed by atoms with E-state index in [1.54, 1.807) is 0 Å². The van der Waals surface area contributed by atoms with Crippen LogP contribution < -0.4 is 5.73 Å². The van der Waals surface area contributed by atoms with Crippen molar-refractivity contribution in [1.29, 1.82) is 0 Å². The molecule has 18 heavy (non-hydrogen) atoms. The Kier molecular flexibility index (Phi) is 4.01. The molecule has 0 saturated carbocycles. The molecule has 4 nitrogen and oxygen atoms in total. The number of hydrogen-bond donors (Lipinski definition) is 1. The number of hydrogen-bond acceptors (Lipinski definition) is 5. The van der Waals surface area contributed by atoms with Crippen molar-refractivity contribution in [3.63, 3.8) is 0 Å². The fourth-order valence-corrected chi connectivity index (χ4v) is 2.79. The van der Waals surface area contributed by atoms with Gasteiger partial charge >= 0.3 is 0 Å². The largest absolute Gasteiger partial charge is 0.383 e. The SMILES string of the molecule is CCSc1nc(N)c2c(Br)nc(CC)c(F)c2n1. The normalized spacial score (nSPS) is 11.1. The standard InChI is InChI=1S/C11H12BrFN4S/c1-3-5-7(13)8-6(9(12)15-5)10(14)17-11(16-8)18-4-2/h3-4H2,1-2H3,(H2,14,16,17). The number of aryl methyl sites for hydroxylation is 1. The van der Waals surface area contributed by atoms with Crippen molar-refractivity contribution < 1.29 is 4.39 Å². The first-order valence-electron chi connectivity index (χ1n) is 5.52. The van der Waals surface area contributed by atoms with Crippen LogP contribution in [0.3, 0.4) is 0 Å². The van der Waals surface area contributed by atoms with Gasteiger partial charge in [-0.1, -0.05) is 25.6 Å². The maximum Gasteiger partial charge on any atom is 0.190 e.